The van der Waals surface area contributed by atoms with E-state index in [-0.39, 0.29) is 11.3 Å². The van der Waals surface area contributed by atoms with Crippen molar-refractivity contribution in [2.75, 3.05) is 12.8 Å². The number of thiophene rings is 1. The van der Waals surface area contributed by atoms with Gasteiger partial charge in [0, 0.05) is 27.8 Å². The SMILES string of the molecule is CN(Cc1cc(Br)cs1)C(=O)c1cc(N)c(F)cc1F. The summed E-state index contributed by atoms with van der Waals surface area (Å²) in [7, 11) is 1.55. The zero-order valence-corrected chi connectivity index (χ0v) is 12.9. The molecule has 1 aromatic heterocycles. The number of nitrogens with two attached hydrogens (primary N) is 1. The molecule has 2 N–H and O–H groups in total. The van der Waals surface area contributed by atoms with Crippen LogP contribution in [0.3, 0.4) is 0 Å². The molecule has 7 heteroatoms. The number of hydrogen-bond acceptors (Lipinski definition) is 3. The van der Waals surface area contributed by atoms with Crippen LogP contribution in [0.4, 0.5) is 14.5 Å². The molecule has 0 aliphatic rings. The number of carbonyl (C=O) groups excluding carboxylic acids is 1. The first-order chi connectivity index (χ1) is 9.38. The molecule has 1 amide bonds. The minimum atomic E-state index is -0.916. The van der Waals surface area contributed by atoms with Crippen molar-refractivity contribution in [3.8, 4) is 0 Å². The van der Waals surface area contributed by atoms with Crippen LogP contribution < -0.4 is 5.73 Å². The first kappa shape index (κ1) is 14.9. The second-order valence-electron chi connectivity index (χ2n) is 4.25. The number of amides is 1. The lowest BCUT2D eigenvalue weighted by atomic mass is 10.1. The monoisotopic (exact) mass is 360 g/mol. The van der Waals surface area contributed by atoms with E-state index in [1.165, 1.54) is 16.2 Å². The number of rotatable bonds is 3. The molecule has 0 saturated heterocycles. The van der Waals surface area contributed by atoms with Gasteiger partial charge in [0.25, 0.3) is 5.91 Å². The number of anilines is 1. The average Bonchev–Trinajstić information content (AvgIpc) is 2.78. The smallest absolute Gasteiger partial charge is 0.256 e. The Morgan fingerprint density at radius 1 is 1.35 bits per heavy atom. The van der Waals surface area contributed by atoms with E-state index >= 15 is 0 Å². The highest BCUT2D eigenvalue weighted by molar-refractivity contribution is 9.10. The van der Waals surface area contributed by atoms with Crippen molar-refractivity contribution in [2.24, 2.45) is 0 Å². The second-order valence-corrected chi connectivity index (χ2v) is 6.16. The fourth-order valence-electron chi connectivity index (χ4n) is 1.68. The predicted molar refractivity (Wildman–Crippen MR) is 78.6 cm³/mol. The molecule has 0 bridgehead atoms. The van der Waals surface area contributed by atoms with E-state index in [4.69, 9.17) is 5.73 Å². The van der Waals surface area contributed by atoms with Crippen molar-refractivity contribution < 1.29 is 13.6 Å². The van der Waals surface area contributed by atoms with Gasteiger partial charge in [-0.15, -0.1) is 11.3 Å². The molecule has 1 aromatic carbocycles. The van der Waals surface area contributed by atoms with E-state index in [9.17, 15) is 13.6 Å². The Morgan fingerprint density at radius 2 is 2.05 bits per heavy atom. The van der Waals surface area contributed by atoms with Gasteiger partial charge in [0.1, 0.15) is 11.6 Å². The molecular weight excluding hydrogens is 350 g/mol. The Bertz CT molecular complexity index is 660. The van der Waals surface area contributed by atoms with E-state index in [0.717, 1.165) is 15.4 Å². The normalized spacial score (nSPS) is 10.6. The van der Waals surface area contributed by atoms with Crippen LogP contribution >= 0.6 is 27.3 Å². The Kier molecular flexibility index (Phi) is 4.39. The minimum absolute atomic E-state index is 0.234. The van der Waals surface area contributed by atoms with Crippen LogP contribution in [0.2, 0.25) is 0 Å². The van der Waals surface area contributed by atoms with Gasteiger partial charge in [-0.2, -0.15) is 0 Å². The summed E-state index contributed by atoms with van der Waals surface area (Å²) < 4.78 is 27.6. The van der Waals surface area contributed by atoms with E-state index in [1.807, 2.05) is 11.4 Å². The highest BCUT2D eigenvalue weighted by Crippen LogP contribution is 2.22. The van der Waals surface area contributed by atoms with Crippen molar-refractivity contribution in [1.29, 1.82) is 0 Å². The highest BCUT2D eigenvalue weighted by atomic mass is 79.9. The summed E-state index contributed by atoms with van der Waals surface area (Å²) in [5, 5.41) is 1.89. The molecule has 3 nitrogen and oxygen atoms in total. The van der Waals surface area contributed by atoms with Gasteiger partial charge in [-0.3, -0.25) is 4.79 Å². The molecule has 0 saturated carbocycles. The topological polar surface area (TPSA) is 46.3 Å². The van der Waals surface area contributed by atoms with Gasteiger partial charge in [-0.1, -0.05) is 0 Å². The van der Waals surface area contributed by atoms with Gasteiger partial charge in [0.05, 0.1) is 17.8 Å². The molecule has 0 aliphatic carbocycles. The maximum absolute atomic E-state index is 13.6. The third-order valence-electron chi connectivity index (χ3n) is 2.68. The quantitative estimate of drug-likeness (QED) is 0.849. The zero-order chi connectivity index (χ0) is 14.9. The molecule has 20 heavy (non-hydrogen) atoms. The Balaban J connectivity index is 2.20. The predicted octanol–water partition coefficient (Wildman–Crippen LogP) is 3.64. The van der Waals surface area contributed by atoms with E-state index in [2.05, 4.69) is 15.9 Å². The Morgan fingerprint density at radius 3 is 2.65 bits per heavy atom. The summed E-state index contributed by atoms with van der Waals surface area (Å²) in [6, 6.07) is 3.52. The van der Waals surface area contributed by atoms with Gasteiger partial charge < -0.3 is 10.6 Å². The van der Waals surface area contributed by atoms with Crippen molar-refractivity contribution >= 4 is 38.9 Å². The molecule has 106 valence electrons. The summed E-state index contributed by atoms with van der Waals surface area (Å²) in [4.78, 5) is 14.4. The van der Waals surface area contributed by atoms with Crippen LogP contribution in [-0.4, -0.2) is 17.9 Å². The van der Waals surface area contributed by atoms with Crippen molar-refractivity contribution in [1.82, 2.24) is 4.90 Å². The fourth-order valence-corrected chi connectivity index (χ4v) is 3.18. The fraction of sp³-hybridized carbons (Fsp3) is 0.154. The third kappa shape index (κ3) is 3.16. The molecule has 1 heterocycles. The van der Waals surface area contributed by atoms with Crippen LogP contribution in [-0.2, 0) is 6.54 Å². The molecule has 0 spiro atoms. The largest absolute Gasteiger partial charge is 0.396 e. The van der Waals surface area contributed by atoms with Gasteiger partial charge in [0.2, 0.25) is 0 Å². The lowest BCUT2D eigenvalue weighted by Crippen LogP contribution is -2.27. The molecule has 0 fully saturated rings. The van der Waals surface area contributed by atoms with E-state index in [0.29, 0.717) is 12.6 Å². The minimum Gasteiger partial charge on any atom is -0.396 e. The zero-order valence-electron chi connectivity index (χ0n) is 10.5. The van der Waals surface area contributed by atoms with Crippen molar-refractivity contribution in [2.45, 2.75) is 6.54 Å². The van der Waals surface area contributed by atoms with E-state index < -0.39 is 17.5 Å². The van der Waals surface area contributed by atoms with Crippen LogP contribution in [0, 0.1) is 11.6 Å². The number of nitrogen functional groups attached to an aromatic ring is 1. The van der Waals surface area contributed by atoms with Gasteiger partial charge in [-0.25, -0.2) is 8.78 Å². The van der Waals surface area contributed by atoms with Crippen molar-refractivity contribution in [3.05, 3.63) is 50.1 Å². The highest BCUT2D eigenvalue weighted by Gasteiger charge is 2.19. The number of benzene rings is 1. The molecule has 0 aliphatic heterocycles. The molecule has 0 radical (unpaired) electrons. The maximum atomic E-state index is 13.6. The molecule has 0 atom stereocenters. The molecule has 2 rings (SSSR count). The first-order valence-corrected chi connectivity index (χ1v) is 7.28. The molecular formula is C13H11BrF2N2OS. The number of nitrogens with zero attached hydrogens (tertiary/aromatic N) is 1. The van der Waals surface area contributed by atoms with Gasteiger partial charge >= 0.3 is 0 Å². The second kappa shape index (κ2) is 5.88. The van der Waals surface area contributed by atoms with Crippen molar-refractivity contribution in [3.63, 3.8) is 0 Å². The van der Waals surface area contributed by atoms with Crippen LogP contribution in [0.1, 0.15) is 15.2 Å². The summed E-state index contributed by atoms with van der Waals surface area (Å²) in [5.74, 6) is -2.33. The summed E-state index contributed by atoms with van der Waals surface area (Å²) in [6.45, 7) is 0.339. The summed E-state index contributed by atoms with van der Waals surface area (Å²) in [5.41, 5.74) is 4.88. The van der Waals surface area contributed by atoms with Gasteiger partial charge in [0.15, 0.2) is 0 Å². The van der Waals surface area contributed by atoms with Crippen LogP contribution in [0.25, 0.3) is 0 Å². The number of halogens is 3. The lowest BCUT2D eigenvalue weighted by Gasteiger charge is -2.17. The van der Waals surface area contributed by atoms with E-state index in [1.54, 1.807) is 7.05 Å². The Labute approximate surface area is 127 Å². The third-order valence-corrected chi connectivity index (χ3v) is 4.36. The average molecular weight is 361 g/mol. The molecule has 0 unspecified atom stereocenters. The summed E-state index contributed by atoms with van der Waals surface area (Å²) in [6.07, 6.45) is 0. The summed E-state index contributed by atoms with van der Waals surface area (Å²) >= 11 is 4.80. The number of hydrogen-bond donors (Lipinski definition) is 1. The van der Waals surface area contributed by atoms with Crippen LogP contribution in [0.5, 0.6) is 0 Å². The maximum Gasteiger partial charge on any atom is 0.256 e. The standard InChI is InChI=1S/C13H11BrF2N2OS/c1-18(5-8-2-7(14)6-20-8)13(19)9-3-12(17)11(16)4-10(9)15/h2-4,6H,5,17H2,1H3. The first-order valence-electron chi connectivity index (χ1n) is 5.61. The number of carbonyl (C=O) groups is 1. The van der Waals surface area contributed by atoms with Gasteiger partial charge in [-0.05, 0) is 28.1 Å². The Hall–Kier alpha value is -1.47. The molecule has 2 aromatic rings. The lowest BCUT2D eigenvalue weighted by molar-refractivity contribution is 0.0782. The van der Waals surface area contributed by atoms with Crippen LogP contribution in [0.15, 0.2) is 28.1 Å².